The van der Waals surface area contributed by atoms with E-state index in [4.69, 9.17) is 0 Å². The Hall–Kier alpha value is -2.40. The summed E-state index contributed by atoms with van der Waals surface area (Å²) < 4.78 is 1.01. The van der Waals surface area contributed by atoms with Gasteiger partial charge in [0.1, 0.15) is 0 Å². The highest BCUT2D eigenvalue weighted by Crippen LogP contribution is 2.23. The average molecular weight is 343 g/mol. The van der Waals surface area contributed by atoms with Crippen LogP contribution >= 0.6 is 15.9 Å². The Morgan fingerprint density at radius 1 is 1.00 bits per heavy atom. The van der Waals surface area contributed by atoms with E-state index in [0.717, 1.165) is 15.2 Å². The SMILES string of the molecule is O=C(Nc1ccc2cc(Br)ccc2c1)c1cc[nH]c(=O)c1. The molecule has 0 bridgehead atoms. The van der Waals surface area contributed by atoms with Gasteiger partial charge in [0.2, 0.25) is 5.56 Å². The van der Waals surface area contributed by atoms with Gasteiger partial charge in [0.15, 0.2) is 0 Å². The van der Waals surface area contributed by atoms with Gasteiger partial charge in [0, 0.05) is 28.0 Å². The lowest BCUT2D eigenvalue weighted by Gasteiger charge is -2.06. The van der Waals surface area contributed by atoms with Crippen LogP contribution in [0, 0.1) is 0 Å². The van der Waals surface area contributed by atoms with E-state index in [1.165, 1.54) is 12.3 Å². The Morgan fingerprint density at radius 3 is 2.57 bits per heavy atom. The van der Waals surface area contributed by atoms with Crippen LogP contribution < -0.4 is 10.9 Å². The first kappa shape index (κ1) is 13.6. The second-order valence-corrected chi connectivity index (χ2v) is 5.52. The van der Waals surface area contributed by atoms with Crippen molar-refractivity contribution in [2.45, 2.75) is 0 Å². The van der Waals surface area contributed by atoms with Crippen LogP contribution in [0.5, 0.6) is 0 Å². The number of fused-ring (bicyclic) bond motifs is 1. The molecule has 0 radical (unpaired) electrons. The van der Waals surface area contributed by atoms with Crippen molar-refractivity contribution in [1.82, 2.24) is 4.98 Å². The molecule has 0 aliphatic carbocycles. The zero-order valence-corrected chi connectivity index (χ0v) is 12.5. The molecular weight excluding hydrogens is 332 g/mol. The predicted octanol–water partition coefficient (Wildman–Crippen LogP) is 3.54. The van der Waals surface area contributed by atoms with Crippen LogP contribution in [-0.2, 0) is 0 Å². The third kappa shape index (κ3) is 3.03. The van der Waals surface area contributed by atoms with Gasteiger partial charge in [-0.2, -0.15) is 0 Å². The summed E-state index contributed by atoms with van der Waals surface area (Å²) in [5, 5.41) is 4.90. The van der Waals surface area contributed by atoms with Crippen molar-refractivity contribution in [3.05, 3.63) is 75.1 Å². The van der Waals surface area contributed by atoms with E-state index >= 15 is 0 Å². The molecule has 2 N–H and O–H groups in total. The third-order valence-corrected chi connectivity index (χ3v) is 3.59. The minimum Gasteiger partial charge on any atom is -0.329 e. The third-order valence-electron chi connectivity index (χ3n) is 3.10. The van der Waals surface area contributed by atoms with E-state index in [0.29, 0.717) is 11.3 Å². The van der Waals surface area contributed by atoms with E-state index in [1.54, 1.807) is 6.07 Å². The smallest absolute Gasteiger partial charge is 0.255 e. The molecular formula is C16H11BrN2O2. The maximum Gasteiger partial charge on any atom is 0.255 e. The van der Waals surface area contributed by atoms with Gasteiger partial charge in [-0.3, -0.25) is 9.59 Å². The Morgan fingerprint density at radius 2 is 1.76 bits per heavy atom. The average Bonchev–Trinajstić information content (AvgIpc) is 2.47. The van der Waals surface area contributed by atoms with E-state index in [2.05, 4.69) is 26.2 Å². The number of nitrogens with one attached hydrogen (secondary N) is 2. The standard InChI is InChI=1S/C16H11BrN2O2/c17-13-3-1-11-8-14(4-2-10(11)7-13)19-16(21)12-5-6-18-15(20)9-12/h1-9H,(H,18,20)(H,19,21). The fraction of sp³-hybridized carbons (Fsp3) is 0. The summed E-state index contributed by atoms with van der Waals surface area (Å²) in [4.78, 5) is 25.8. The van der Waals surface area contributed by atoms with Crippen molar-refractivity contribution in [3.8, 4) is 0 Å². The van der Waals surface area contributed by atoms with Crippen molar-refractivity contribution >= 4 is 38.3 Å². The molecule has 1 amide bonds. The van der Waals surface area contributed by atoms with Crippen molar-refractivity contribution in [1.29, 1.82) is 0 Å². The number of carbonyl (C=O) groups is 1. The molecule has 0 atom stereocenters. The van der Waals surface area contributed by atoms with Gasteiger partial charge in [-0.05, 0) is 41.1 Å². The Bertz CT molecular complexity index is 887. The van der Waals surface area contributed by atoms with Crippen LogP contribution in [0.2, 0.25) is 0 Å². The highest BCUT2D eigenvalue weighted by Gasteiger charge is 2.07. The van der Waals surface area contributed by atoms with Crippen LogP contribution in [0.1, 0.15) is 10.4 Å². The molecule has 21 heavy (non-hydrogen) atoms. The Balaban J connectivity index is 1.89. The quantitative estimate of drug-likeness (QED) is 0.748. The minimum absolute atomic E-state index is 0.300. The molecule has 0 spiro atoms. The number of pyridine rings is 1. The van der Waals surface area contributed by atoms with Gasteiger partial charge < -0.3 is 10.3 Å². The number of hydrogen-bond donors (Lipinski definition) is 2. The second-order valence-electron chi connectivity index (χ2n) is 4.60. The molecule has 5 heteroatoms. The summed E-state index contributed by atoms with van der Waals surface area (Å²) in [5.74, 6) is -0.308. The molecule has 0 aliphatic heterocycles. The topological polar surface area (TPSA) is 62.0 Å². The number of aromatic amines is 1. The lowest BCUT2D eigenvalue weighted by molar-refractivity contribution is 0.102. The van der Waals surface area contributed by atoms with Gasteiger partial charge in [-0.15, -0.1) is 0 Å². The monoisotopic (exact) mass is 342 g/mol. The van der Waals surface area contributed by atoms with Crippen LogP contribution in [-0.4, -0.2) is 10.9 Å². The zero-order chi connectivity index (χ0) is 14.8. The molecule has 0 unspecified atom stereocenters. The van der Waals surface area contributed by atoms with Gasteiger partial charge >= 0.3 is 0 Å². The highest BCUT2D eigenvalue weighted by atomic mass is 79.9. The normalized spacial score (nSPS) is 10.5. The summed E-state index contributed by atoms with van der Waals surface area (Å²) >= 11 is 3.43. The van der Waals surface area contributed by atoms with Crippen molar-refractivity contribution in [3.63, 3.8) is 0 Å². The summed E-state index contributed by atoms with van der Waals surface area (Å²) in [6.07, 6.45) is 1.45. The molecule has 104 valence electrons. The molecule has 3 rings (SSSR count). The molecule has 1 heterocycles. The molecule has 0 saturated heterocycles. The first-order valence-corrected chi connectivity index (χ1v) is 7.10. The lowest BCUT2D eigenvalue weighted by atomic mass is 10.1. The molecule has 3 aromatic rings. The second kappa shape index (κ2) is 5.54. The Kier molecular flexibility index (Phi) is 3.58. The van der Waals surface area contributed by atoms with Crippen LogP contribution in [0.4, 0.5) is 5.69 Å². The fourth-order valence-corrected chi connectivity index (χ4v) is 2.46. The number of aromatic nitrogens is 1. The summed E-state index contributed by atoms with van der Waals surface area (Å²) in [5.41, 5.74) is 0.718. The van der Waals surface area contributed by atoms with Crippen LogP contribution in [0.3, 0.4) is 0 Å². The maximum absolute atomic E-state index is 12.1. The van der Waals surface area contributed by atoms with E-state index in [-0.39, 0.29) is 11.5 Å². The molecule has 0 saturated carbocycles. The summed E-state index contributed by atoms with van der Waals surface area (Å²) in [7, 11) is 0. The van der Waals surface area contributed by atoms with Crippen molar-refractivity contribution in [2.75, 3.05) is 5.32 Å². The van der Waals surface area contributed by atoms with Gasteiger partial charge in [0.25, 0.3) is 5.91 Å². The zero-order valence-electron chi connectivity index (χ0n) is 10.9. The first-order chi connectivity index (χ1) is 10.1. The molecule has 2 aromatic carbocycles. The molecule has 1 aromatic heterocycles. The number of amides is 1. The largest absolute Gasteiger partial charge is 0.329 e. The highest BCUT2D eigenvalue weighted by molar-refractivity contribution is 9.10. The van der Waals surface area contributed by atoms with Gasteiger partial charge in [0.05, 0.1) is 0 Å². The number of rotatable bonds is 2. The summed E-state index contributed by atoms with van der Waals surface area (Å²) in [6, 6.07) is 14.4. The Labute approximate surface area is 128 Å². The van der Waals surface area contributed by atoms with E-state index in [9.17, 15) is 9.59 Å². The summed E-state index contributed by atoms with van der Waals surface area (Å²) in [6.45, 7) is 0. The fourth-order valence-electron chi connectivity index (χ4n) is 2.08. The number of anilines is 1. The number of benzene rings is 2. The van der Waals surface area contributed by atoms with Crippen LogP contribution in [0.25, 0.3) is 10.8 Å². The predicted molar refractivity (Wildman–Crippen MR) is 86.7 cm³/mol. The van der Waals surface area contributed by atoms with Crippen molar-refractivity contribution in [2.24, 2.45) is 0 Å². The first-order valence-electron chi connectivity index (χ1n) is 6.31. The number of halogens is 1. The molecule has 0 fully saturated rings. The van der Waals surface area contributed by atoms with Crippen molar-refractivity contribution < 1.29 is 4.79 Å². The lowest BCUT2D eigenvalue weighted by Crippen LogP contribution is -2.15. The van der Waals surface area contributed by atoms with Crippen LogP contribution in [0.15, 0.2) is 64.0 Å². The van der Waals surface area contributed by atoms with Gasteiger partial charge in [-0.25, -0.2) is 0 Å². The van der Waals surface area contributed by atoms with E-state index < -0.39 is 0 Å². The number of H-pyrrole nitrogens is 1. The molecule has 0 aliphatic rings. The number of hydrogen-bond acceptors (Lipinski definition) is 2. The van der Waals surface area contributed by atoms with Gasteiger partial charge in [-0.1, -0.05) is 28.1 Å². The van der Waals surface area contributed by atoms with E-state index in [1.807, 2.05) is 36.4 Å². The minimum atomic E-state index is -0.308. The molecule has 4 nitrogen and oxygen atoms in total. The maximum atomic E-state index is 12.1. The number of carbonyl (C=O) groups excluding carboxylic acids is 1.